The molecule has 2 atom stereocenters. The van der Waals surface area contributed by atoms with E-state index in [0.717, 1.165) is 24.3 Å². The second-order valence-corrected chi connectivity index (χ2v) is 8.70. The fourth-order valence-corrected chi connectivity index (χ4v) is 5.80. The van der Waals surface area contributed by atoms with Crippen molar-refractivity contribution in [2.45, 2.75) is 16.3 Å². The van der Waals surface area contributed by atoms with Gasteiger partial charge in [0.25, 0.3) is 0 Å². The summed E-state index contributed by atoms with van der Waals surface area (Å²) in [5, 5.41) is -0.805. The van der Waals surface area contributed by atoms with Crippen LogP contribution in [0.25, 0.3) is 0 Å². The van der Waals surface area contributed by atoms with Crippen molar-refractivity contribution in [3.8, 4) is 0 Å². The first-order valence-corrected chi connectivity index (χ1v) is 9.06. The Balaban J connectivity index is 2.21. The number of rotatable bonds is 3. The van der Waals surface area contributed by atoms with Gasteiger partial charge < -0.3 is 0 Å². The molecule has 0 spiro atoms. The molecule has 2 rings (SSSR count). The number of hydrogen-bond acceptors (Lipinski definition) is 4. The molecule has 1 saturated heterocycles. The van der Waals surface area contributed by atoms with Gasteiger partial charge in [-0.2, -0.15) is 0 Å². The van der Waals surface area contributed by atoms with Crippen LogP contribution in [-0.2, 0) is 19.9 Å². The van der Waals surface area contributed by atoms with E-state index in [4.69, 9.17) is 11.6 Å². The Bertz CT molecular complexity index is 672. The van der Waals surface area contributed by atoms with Crippen molar-refractivity contribution in [1.29, 1.82) is 0 Å². The van der Waals surface area contributed by atoms with E-state index in [2.05, 4.69) is 4.72 Å². The molecule has 19 heavy (non-hydrogen) atoms. The summed E-state index contributed by atoms with van der Waals surface area (Å²) >= 11 is 5.82. The van der Waals surface area contributed by atoms with Crippen LogP contribution in [0.2, 0.25) is 0 Å². The van der Waals surface area contributed by atoms with Gasteiger partial charge >= 0.3 is 0 Å². The fourth-order valence-electron chi connectivity index (χ4n) is 1.79. The van der Waals surface area contributed by atoms with Crippen LogP contribution in [0.3, 0.4) is 0 Å². The highest BCUT2D eigenvalue weighted by atomic mass is 35.5. The Hall–Kier alpha value is -0.700. The lowest BCUT2D eigenvalue weighted by Crippen LogP contribution is -2.40. The van der Waals surface area contributed by atoms with Crippen LogP contribution in [-0.4, -0.2) is 39.8 Å². The van der Waals surface area contributed by atoms with Gasteiger partial charge in [-0.3, -0.25) is 0 Å². The van der Waals surface area contributed by atoms with E-state index in [0.29, 0.717) is 0 Å². The van der Waals surface area contributed by atoms with Gasteiger partial charge in [0.05, 0.1) is 27.8 Å². The molecular formula is C10H11ClFNO4S2. The molecule has 0 amide bonds. The second kappa shape index (κ2) is 5.01. The normalized spacial score (nSPS) is 26.4. The highest BCUT2D eigenvalue weighted by Crippen LogP contribution is 2.20. The zero-order valence-electron chi connectivity index (χ0n) is 9.58. The summed E-state index contributed by atoms with van der Waals surface area (Å²) in [7, 11) is -7.23. The maximum atomic E-state index is 12.7. The van der Waals surface area contributed by atoms with Gasteiger partial charge in [0.2, 0.25) is 10.0 Å². The van der Waals surface area contributed by atoms with E-state index in [9.17, 15) is 21.2 Å². The van der Waals surface area contributed by atoms with Crippen molar-refractivity contribution in [1.82, 2.24) is 4.72 Å². The number of sulfonamides is 1. The predicted molar refractivity (Wildman–Crippen MR) is 68.8 cm³/mol. The highest BCUT2D eigenvalue weighted by Gasteiger charge is 2.38. The lowest BCUT2D eigenvalue weighted by atomic mass is 10.3. The Morgan fingerprint density at radius 2 is 1.79 bits per heavy atom. The molecule has 1 heterocycles. The van der Waals surface area contributed by atoms with E-state index in [-0.39, 0.29) is 16.4 Å². The minimum atomic E-state index is -3.91. The van der Waals surface area contributed by atoms with Crippen molar-refractivity contribution >= 4 is 31.5 Å². The number of benzene rings is 1. The molecule has 106 valence electrons. The topological polar surface area (TPSA) is 80.3 Å². The quantitative estimate of drug-likeness (QED) is 0.820. The average molecular weight is 328 g/mol. The lowest BCUT2D eigenvalue weighted by Gasteiger charge is -2.14. The molecule has 1 aromatic rings. The molecule has 0 aliphatic carbocycles. The van der Waals surface area contributed by atoms with Crippen LogP contribution in [0.5, 0.6) is 0 Å². The second-order valence-electron chi connectivity index (χ2n) is 4.27. The van der Waals surface area contributed by atoms with Crippen molar-refractivity contribution in [2.24, 2.45) is 0 Å². The number of halogens is 2. The van der Waals surface area contributed by atoms with Crippen molar-refractivity contribution in [3.63, 3.8) is 0 Å². The summed E-state index contributed by atoms with van der Waals surface area (Å²) in [5.74, 6) is -1.15. The molecule has 0 bridgehead atoms. The number of alkyl halides is 1. The third kappa shape index (κ3) is 3.44. The monoisotopic (exact) mass is 327 g/mol. The molecule has 1 N–H and O–H groups in total. The largest absolute Gasteiger partial charge is 0.240 e. The van der Waals surface area contributed by atoms with Crippen LogP contribution < -0.4 is 4.72 Å². The van der Waals surface area contributed by atoms with Crippen LogP contribution in [0.4, 0.5) is 4.39 Å². The first kappa shape index (κ1) is 14.7. The van der Waals surface area contributed by atoms with Gasteiger partial charge in [0, 0.05) is 0 Å². The standard InChI is InChI=1S/C10H11ClFNO4S2/c11-9-5-18(14,15)6-10(9)13-19(16,17)8-3-1-7(12)2-4-8/h1-4,9-10,13H,5-6H2. The molecule has 1 aliphatic heterocycles. The number of sulfone groups is 1. The van der Waals surface area contributed by atoms with Crippen LogP contribution >= 0.6 is 11.6 Å². The van der Waals surface area contributed by atoms with Gasteiger partial charge in [0.15, 0.2) is 9.84 Å². The molecule has 1 fully saturated rings. The highest BCUT2D eigenvalue weighted by molar-refractivity contribution is 7.92. The molecule has 0 radical (unpaired) electrons. The predicted octanol–water partition coefficient (Wildman–Crippen LogP) is 0.508. The van der Waals surface area contributed by atoms with Crippen molar-refractivity contribution in [2.75, 3.05) is 11.5 Å². The van der Waals surface area contributed by atoms with Gasteiger partial charge in [-0.05, 0) is 24.3 Å². The number of nitrogens with one attached hydrogen (secondary N) is 1. The third-order valence-electron chi connectivity index (χ3n) is 2.71. The molecule has 5 nitrogen and oxygen atoms in total. The molecule has 0 saturated carbocycles. The summed E-state index contributed by atoms with van der Waals surface area (Å²) in [6, 6.07) is 3.35. The maximum absolute atomic E-state index is 12.7. The van der Waals surface area contributed by atoms with E-state index >= 15 is 0 Å². The zero-order chi connectivity index (χ0) is 14.3. The Labute approximate surface area is 115 Å². The van der Waals surface area contributed by atoms with Gasteiger partial charge in [-0.25, -0.2) is 25.9 Å². The van der Waals surface area contributed by atoms with Crippen molar-refractivity contribution in [3.05, 3.63) is 30.1 Å². The summed E-state index contributed by atoms with van der Waals surface area (Å²) in [6.07, 6.45) is 0. The Morgan fingerprint density at radius 1 is 1.21 bits per heavy atom. The van der Waals surface area contributed by atoms with Crippen LogP contribution in [0.1, 0.15) is 0 Å². The summed E-state index contributed by atoms with van der Waals surface area (Å²) < 4.78 is 61.6. The summed E-state index contributed by atoms with van der Waals surface area (Å²) in [5.41, 5.74) is 0. The van der Waals surface area contributed by atoms with Gasteiger partial charge in [0.1, 0.15) is 5.82 Å². The maximum Gasteiger partial charge on any atom is 0.240 e. The fraction of sp³-hybridized carbons (Fsp3) is 0.400. The smallest absolute Gasteiger partial charge is 0.229 e. The molecule has 1 aromatic carbocycles. The molecular weight excluding hydrogens is 317 g/mol. The summed E-state index contributed by atoms with van der Waals surface area (Å²) in [6.45, 7) is 0. The van der Waals surface area contributed by atoms with E-state index in [1.165, 1.54) is 0 Å². The minimum absolute atomic E-state index is 0.137. The molecule has 2 unspecified atom stereocenters. The zero-order valence-corrected chi connectivity index (χ0v) is 12.0. The van der Waals surface area contributed by atoms with E-state index in [1.54, 1.807) is 0 Å². The Morgan fingerprint density at radius 3 is 2.26 bits per heavy atom. The lowest BCUT2D eigenvalue weighted by molar-refractivity contribution is 0.563. The van der Waals surface area contributed by atoms with Gasteiger partial charge in [-0.15, -0.1) is 11.6 Å². The minimum Gasteiger partial charge on any atom is -0.229 e. The molecule has 9 heteroatoms. The van der Waals surface area contributed by atoms with E-state index < -0.39 is 37.1 Å². The first-order valence-electron chi connectivity index (χ1n) is 5.32. The van der Waals surface area contributed by atoms with Crippen LogP contribution in [0, 0.1) is 5.82 Å². The molecule has 0 aromatic heterocycles. The van der Waals surface area contributed by atoms with Crippen LogP contribution in [0.15, 0.2) is 29.2 Å². The first-order chi connectivity index (χ1) is 8.70. The van der Waals surface area contributed by atoms with E-state index in [1.807, 2.05) is 0 Å². The Kier molecular flexibility index (Phi) is 3.87. The molecule has 1 aliphatic rings. The number of hydrogen-bond donors (Lipinski definition) is 1. The van der Waals surface area contributed by atoms with Crippen molar-refractivity contribution < 1.29 is 21.2 Å². The SMILES string of the molecule is O=S1(=O)CC(Cl)C(NS(=O)(=O)c2ccc(F)cc2)C1. The third-order valence-corrected chi connectivity index (χ3v) is 6.59. The summed E-state index contributed by atoms with van der Waals surface area (Å²) in [4.78, 5) is -0.137. The average Bonchev–Trinajstić information content (AvgIpc) is 2.51. The van der Waals surface area contributed by atoms with Gasteiger partial charge in [-0.1, -0.05) is 0 Å².